The second-order valence-corrected chi connectivity index (χ2v) is 8.32. The fourth-order valence-corrected chi connectivity index (χ4v) is 4.08. The summed E-state index contributed by atoms with van der Waals surface area (Å²) in [4.78, 5) is 12.7. The first-order valence-corrected chi connectivity index (χ1v) is 10.7. The topological polar surface area (TPSA) is 79.5 Å². The third-order valence-electron chi connectivity index (χ3n) is 4.09. The number of aromatic hydroxyl groups is 1. The van der Waals surface area contributed by atoms with Gasteiger partial charge in [-0.3, -0.25) is 4.79 Å². The van der Waals surface area contributed by atoms with Gasteiger partial charge in [-0.2, -0.15) is 10.2 Å². The van der Waals surface area contributed by atoms with Gasteiger partial charge in [0.05, 0.1) is 38.3 Å². The van der Waals surface area contributed by atoms with Gasteiger partial charge in [0, 0.05) is 5.02 Å². The third kappa shape index (κ3) is 5.07. The summed E-state index contributed by atoms with van der Waals surface area (Å²) in [6, 6.07) is 10.7. The van der Waals surface area contributed by atoms with Gasteiger partial charge >= 0.3 is 0 Å². The number of hydrogen-bond donors (Lipinski definition) is 2. The summed E-state index contributed by atoms with van der Waals surface area (Å²) in [7, 11) is 0. The number of rotatable bonds is 6. The minimum absolute atomic E-state index is 0.102. The third-order valence-corrected chi connectivity index (χ3v) is 5.55. The second-order valence-electron chi connectivity index (χ2n) is 6.18. The Morgan fingerprint density at radius 2 is 1.93 bits per heavy atom. The average Bonchev–Trinajstić information content (AvgIpc) is 3.10. The van der Waals surface area contributed by atoms with Crippen molar-refractivity contribution < 1.29 is 9.90 Å². The summed E-state index contributed by atoms with van der Waals surface area (Å²) in [5, 5.41) is 18.8. The Morgan fingerprint density at radius 3 is 2.55 bits per heavy atom. The predicted molar refractivity (Wildman–Crippen MR) is 121 cm³/mol. The van der Waals surface area contributed by atoms with Crippen LogP contribution in [0, 0.1) is 0 Å². The summed E-state index contributed by atoms with van der Waals surface area (Å²) in [6.45, 7) is 2.04. The van der Waals surface area contributed by atoms with Crippen LogP contribution in [-0.2, 0) is 6.42 Å². The molecule has 29 heavy (non-hydrogen) atoms. The van der Waals surface area contributed by atoms with Gasteiger partial charge in [0.1, 0.15) is 5.75 Å². The quantitative estimate of drug-likeness (QED) is 0.321. The molecule has 0 spiro atoms. The van der Waals surface area contributed by atoms with Crippen LogP contribution in [0.3, 0.4) is 0 Å². The van der Waals surface area contributed by atoms with E-state index < -0.39 is 0 Å². The van der Waals surface area contributed by atoms with Gasteiger partial charge in [-0.15, -0.1) is 0 Å². The molecule has 0 aliphatic carbocycles. The summed E-state index contributed by atoms with van der Waals surface area (Å²) < 4.78 is 2.79. The first kappa shape index (κ1) is 21.5. The number of halogens is 3. The maximum atomic E-state index is 12.7. The molecule has 1 aromatic heterocycles. The first-order chi connectivity index (χ1) is 13.9. The van der Waals surface area contributed by atoms with Crippen molar-refractivity contribution in [2.75, 3.05) is 0 Å². The summed E-state index contributed by atoms with van der Waals surface area (Å²) in [6.07, 6.45) is 4.58. The zero-order valence-corrected chi connectivity index (χ0v) is 19.3. The minimum atomic E-state index is -0.346. The molecule has 2 N–H and O–H groups in total. The Labute approximate surface area is 189 Å². The van der Waals surface area contributed by atoms with Crippen molar-refractivity contribution in [3.8, 4) is 11.4 Å². The molecule has 3 aromatic rings. The Balaban J connectivity index is 1.81. The lowest BCUT2D eigenvalue weighted by molar-refractivity contribution is 0.0954. The van der Waals surface area contributed by atoms with Gasteiger partial charge in [-0.05, 0) is 80.2 Å². The van der Waals surface area contributed by atoms with Crippen molar-refractivity contribution in [1.29, 1.82) is 0 Å². The van der Waals surface area contributed by atoms with Crippen molar-refractivity contribution in [3.63, 3.8) is 0 Å². The largest absolute Gasteiger partial charge is 0.506 e. The molecule has 0 atom stereocenters. The summed E-state index contributed by atoms with van der Waals surface area (Å²) in [5.41, 5.74) is 5.34. The number of carbonyl (C=O) groups excluding carboxylic acids is 1. The van der Waals surface area contributed by atoms with Crippen LogP contribution in [0.25, 0.3) is 5.69 Å². The van der Waals surface area contributed by atoms with Gasteiger partial charge < -0.3 is 5.11 Å². The lowest BCUT2D eigenvalue weighted by Gasteiger charge is -2.08. The number of nitrogens with one attached hydrogen (secondary N) is 1. The van der Waals surface area contributed by atoms with E-state index in [2.05, 4.69) is 47.5 Å². The number of aromatic nitrogens is 2. The van der Waals surface area contributed by atoms with Crippen LogP contribution in [0.2, 0.25) is 5.02 Å². The highest BCUT2D eigenvalue weighted by molar-refractivity contribution is 9.11. The number of nitrogens with zero attached hydrogens (tertiary/aromatic N) is 3. The number of hydrogen-bond acceptors (Lipinski definition) is 4. The molecule has 2 aromatic carbocycles. The molecular weight excluding hydrogens is 524 g/mol. The van der Waals surface area contributed by atoms with E-state index in [0.29, 0.717) is 31.5 Å². The number of phenols is 1. The van der Waals surface area contributed by atoms with Crippen LogP contribution in [0.1, 0.15) is 35.0 Å². The highest BCUT2D eigenvalue weighted by Gasteiger charge is 2.17. The van der Waals surface area contributed by atoms with Crippen LogP contribution in [0.5, 0.6) is 5.75 Å². The normalized spacial score (nSPS) is 11.2. The van der Waals surface area contributed by atoms with Gasteiger partial charge in [0.15, 0.2) is 0 Å². The maximum Gasteiger partial charge on any atom is 0.274 e. The molecule has 0 aliphatic heterocycles. The minimum Gasteiger partial charge on any atom is -0.506 e. The molecule has 0 aliphatic rings. The van der Waals surface area contributed by atoms with Crippen LogP contribution < -0.4 is 5.43 Å². The molecule has 9 heteroatoms. The van der Waals surface area contributed by atoms with E-state index in [4.69, 9.17) is 11.6 Å². The highest BCUT2D eigenvalue weighted by atomic mass is 79.9. The van der Waals surface area contributed by atoms with Crippen molar-refractivity contribution in [2.24, 2.45) is 5.10 Å². The van der Waals surface area contributed by atoms with E-state index in [1.807, 2.05) is 19.1 Å². The van der Waals surface area contributed by atoms with Crippen LogP contribution in [0.4, 0.5) is 0 Å². The number of carbonyl (C=O) groups is 1. The molecule has 0 saturated heterocycles. The van der Waals surface area contributed by atoms with E-state index in [-0.39, 0.29) is 11.7 Å². The van der Waals surface area contributed by atoms with Crippen LogP contribution >= 0.6 is 43.5 Å². The zero-order chi connectivity index (χ0) is 21.0. The molecule has 0 saturated carbocycles. The fraction of sp³-hybridized carbons (Fsp3) is 0.150. The molecule has 1 amide bonds. The lowest BCUT2D eigenvalue weighted by Crippen LogP contribution is -2.19. The molecule has 0 radical (unpaired) electrons. The molecule has 3 rings (SSSR count). The monoisotopic (exact) mass is 538 g/mol. The van der Waals surface area contributed by atoms with E-state index in [9.17, 15) is 9.90 Å². The van der Waals surface area contributed by atoms with E-state index in [1.165, 1.54) is 12.4 Å². The smallest absolute Gasteiger partial charge is 0.274 e. The molecule has 0 fully saturated rings. The van der Waals surface area contributed by atoms with E-state index in [1.54, 1.807) is 28.9 Å². The summed E-state index contributed by atoms with van der Waals surface area (Å²) in [5.74, 6) is -0.244. The first-order valence-electron chi connectivity index (χ1n) is 8.75. The summed E-state index contributed by atoms with van der Waals surface area (Å²) >= 11 is 12.5. The Morgan fingerprint density at radius 1 is 1.28 bits per heavy atom. The van der Waals surface area contributed by atoms with Gasteiger partial charge in [-0.25, -0.2) is 10.1 Å². The second kappa shape index (κ2) is 9.56. The number of phenolic OH excluding ortho intramolecular Hbond substituents is 1. The van der Waals surface area contributed by atoms with Gasteiger partial charge in [0.25, 0.3) is 5.91 Å². The molecule has 1 heterocycles. The van der Waals surface area contributed by atoms with Gasteiger partial charge in [0.2, 0.25) is 0 Å². The fourth-order valence-electron chi connectivity index (χ4n) is 2.73. The Hall–Kier alpha value is -2.16. The number of amides is 1. The average molecular weight is 541 g/mol. The van der Waals surface area contributed by atoms with Crippen molar-refractivity contribution in [3.05, 3.63) is 73.4 Å². The van der Waals surface area contributed by atoms with Crippen LogP contribution in [0.15, 0.2) is 56.6 Å². The molecule has 0 unspecified atom stereocenters. The molecular formula is C20H17Br2ClN4O2. The Kier molecular flexibility index (Phi) is 7.10. The van der Waals surface area contributed by atoms with E-state index >= 15 is 0 Å². The Bertz CT molecular complexity index is 1040. The lowest BCUT2D eigenvalue weighted by atomic mass is 10.1. The molecule has 6 nitrogen and oxygen atoms in total. The number of hydrazone groups is 1. The SMILES string of the molecule is CCCc1c(C(=O)N/N=C/c2cc(Br)c(O)c(Br)c2)cnn1-c1ccc(Cl)cc1. The standard InChI is InChI=1S/C20H17Br2ClN4O2/c1-2-3-18-15(11-25-27(18)14-6-4-13(23)5-7-14)20(29)26-24-10-12-8-16(21)19(28)17(22)9-12/h4-11,28H,2-3H2,1H3,(H,26,29)/b24-10+. The molecule has 0 bridgehead atoms. The van der Waals surface area contributed by atoms with Crippen molar-refractivity contribution in [1.82, 2.24) is 15.2 Å². The maximum absolute atomic E-state index is 12.7. The molecule has 150 valence electrons. The van der Waals surface area contributed by atoms with Crippen molar-refractivity contribution in [2.45, 2.75) is 19.8 Å². The van der Waals surface area contributed by atoms with E-state index in [0.717, 1.165) is 17.8 Å². The zero-order valence-electron chi connectivity index (χ0n) is 15.4. The van der Waals surface area contributed by atoms with Gasteiger partial charge in [-0.1, -0.05) is 24.9 Å². The van der Waals surface area contributed by atoms with Crippen LogP contribution in [-0.4, -0.2) is 27.0 Å². The predicted octanol–water partition coefficient (Wildman–Crippen LogP) is 5.47. The highest BCUT2D eigenvalue weighted by Crippen LogP contribution is 2.32. The number of benzene rings is 2. The van der Waals surface area contributed by atoms with Crippen molar-refractivity contribution >= 4 is 55.6 Å².